The molecule has 15 heavy (non-hydrogen) atoms. The summed E-state index contributed by atoms with van der Waals surface area (Å²) >= 11 is 1.07. The van der Waals surface area contributed by atoms with Crippen molar-refractivity contribution in [3.8, 4) is 0 Å². The number of hydrogen-bond acceptors (Lipinski definition) is 3. The van der Waals surface area contributed by atoms with Gasteiger partial charge >= 0.3 is 6.80 Å². The van der Waals surface area contributed by atoms with Crippen LogP contribution in [0.3, 0.4) is 0 Å². The predicted octanol–water partition coefficient (Wildman–Crippen LogP) is 4.22. The third-order valence-corrected chi connectivity index (χ3v) is 5.15. The molecule has 0 amide bonds. The summed E-state index contributed by atoms with van der Waals surface area (Å²) in [5.74, 6) is 0.718. The van der Waals surface area contributed by atoms with E-state index in [1.165, 1.54) is 0 Å². The van der Waals surface area contributed by atoms with Crippen molar-refractivity contribution in [1.29, 1.82) is 0 Å². The molecule has 0 aromatic carbocycles. The minimum atomic E-state index is -3.36. The minimum Gasteiger partial charge on any atom is -0.316 e. The van der Waals surface area contributed by atoms with Gasteiger partial charge in [0.05, 0.1) is 6.61 Å². The minimum absolute atomic E-state index is 0.405. The van der Waals surface area contributed by atoms with Gasteiger partial charge in [-0.2, -0.15) is 0 Å². The van der Waals surface area contributed by atoms with Gasteiger partial charge in [0.2, 0.25) is 0 Å². The van der Waals surface area contributed by atoms with E-state index in [0.717, 1.165) is 55.7 Å². The van der Waals surface area contributed by atoms with Gasteiger partial charge in [0.25, 0.3) is 0 Å². The molecule has 0 heterocycles. The second kappa shape index (κ2) is 9.71. The van der Waals surface area contributed by atoms with Crippen molar-refractivity contribution in [3.63, 3.8) is 0 Å². The van der Waals surface area contributed by atoms with Crippen LogP contribution in [0.15, 0.2) is 0 Å². The van der Waals surface area contributed by atoms with E-state index in [1.54, 1.807) is 0 Å². The monoisotopic (exact) mass is 254 g/mol. The smallest absolute Gasteiger partial charge is 0.316 e. The van der Waals surface area contributed by atoms with Crippen LogP contribution >= 0.6 is 18.2 Å². The summed E-state index contributed by atoms with van der Waals surface area (Å²) in [4.78, 5) is 9.41. The van der Waals surface area contributed by atoms with E-state index in [2.05, 4.69) is 13.8 Å². The summed E-state index contributed by atoms with van der Waals surface area (Å²) in [6.45, 7) is 1.26. The van der Waals surface area contributed by atoms with Crippen LogP contribution in [-0.2, 0) is 9.09 Å². The first kappa shape index (κ1) is 15.5. The molecule has 1 atom stereocenters. The molecule has 0 aromatic heterocycles. The SMILES string of the molecule is CCCCCOP(=O)(O)SCCCCC. The van der Waals surface area contributed by atoms with E-state index in [9.17, 15) is 9.46 Å². The molecule has 5 heteroatoms. The molecule has 0 bridgehead atoms. The van der Waals surface area contributed by atoms with E-state index in [1.807, 2.05) is 0 Å². The Morgan fingerprint density at radius 3 is 2.33 bits per heavy atom. The van der Waals surface area contributed by atoms with Crippen LogP contribution in [0, 0.1) is 0 Å². The van der Waals surface area contributed by atoms with E-state index in [-0.39, 0.29) is 0 Å². The van der Waals surface area contributed by atoms with Crippen LogP contribution in [-0.4, -0.2) is 17.3 Å². The lowest BCUT2D eigenvalue weighted by Crippen LogP contribution is -1.91. The largest absolute Gasteiger partial charge is 0.386 e. The molecule has 0 rings (SSSR count). The van der Waals surface area contributed by atoms with Crippen LogP contribution in [0.5, 0.6) is 0 Å². The maximum Gasteiger partial charge on any atom is 0.386 e. The third kappa shape index (κ3) is 10.8. The van der Waals surface area contributed by atoms with E-state index >= 15 is 0 Å². The fourth-order valence-electron chi connectivity index (χ4n) is 1.10. The molecule has 0 fully saturated rings. The zero-order valence-electron chi connectivity index (χ0n) is 9.78. The van der Waals surface area contributed by atoms with Gasteiger partial charge in [-0.15, -0.1) is 0 Å². The van der Waals surface area contributed by atoms with Gasteiger partial charge < -0.3 is 9.42 Å². The first-order valence-electron chi connectivity index (χ1n) is 5.74. The molecule has 0 aliphatic rings. The maximum atomic E-state index is 11.4. The first-order valence-corrected chi connectivity index (χ1v) is 8.91. The lowest BCUT2D eigenvalue weighted by Gasteiger charge is -2.10. The van der Waals surface area contributed by atoms with Crippen molar-refractivity contribution < 1.29 is 14.0 Å². The normalized spacial score (nSPS) is 15.1. The number of hydrogen-bond donors (Lipinski definition) is 1. The number of rotatable bonds is 10. The number of unbranched alkanes of at least 4 members (excludes halogenated alkanes) is 4. The Morgan fingerprint density at radius 1 is 1.13 bits per heavy atom. The average molecular weight is 254 g/mol. The molecule has 0 saturated carbocycles. The third-order valence-electron chi connectivity index (χ3n) is 2.00. The molecular formula is C10H23O3PS. The molecule has 0 aliphatic carbocycles. The Bertz CT molecular complexity index is 172. The molecule has 1 N–H and O–H groups in total. The van der Waals surface area contributed by atoms with Crippen molar-refractivity contribution >= 4 is 18.2 Å². The van der Waals surface area contributed by atoms with Crippen molar-refractivity contribution in [2.45, 2.75) is 52.4 Å². The van der Waals surface area contributed by atoms with Crippen molar-refractivity contribution in [2.75, 3.05) is 12.4 Å². The van der Waals surface area contributed by atoms with Crippen LogP contribution < -0.4 is 0 Å². The van der Waals surface area contributed by atoms with Crippen molar-refractivity contribution in [2.24, 2.45) is 0 Å². The zero-order chi connectivity index (χ0) is 11.6. The highest BCUT2D eigenvalue weighted by molar-refractivity contribution is 8.54. The highest BCUT2D eigenvalue weighted by Gasteiger charge is 2.18. The molecule has 0 aliphatic heterocycles. The van der Waals surface area contributed by atoms with Gasteiger partial charge in [-0.3, -0.25) is 0 Å². The summed E-state index contributed by atoms with van der Waals surface area (Å²) in [5, 5.41) is 0. The summed E-state index contributed by atoms with van der Waals surface area (Å²) < 4.78 is 16.4. The molecule has 0 saturated heterocycles. The van der Waals surface area contributed by atoms with E-state index in [4.69, 9.17) is 4.52 Å². The van der Waals surface area contributed by atoms with Crippen molar-refractivity contribution in [3.05, 3.63) is 0 Å². The van der Waals surface area contributed by atoms with Crippen LogP contribution in [0.1, 0.15) is 52.4 Å². The average Bonchev–Trinajstić information content (AvgIpc) is 2.20. The second-order valence-electron chi connectivity index (χ2n) is 3.55. The maximum absolute atomic E-state index is 11.4. The lowest BCUT2D eigenvalue weighted by atomic mass is 10.3. The first-order chi connectivity index (χ1) is 7.12. The van der Waals surface area contributed by atoms with Gasteiger partial charge in [-0.1, -0.05) is 39.5 Å². The van der Waals surface area contributed by atoms with Crippen LogP contribution in [0.4, 0.5) is 0 Å². The molecule has 0 aromatic rings. The zero-order valence-corrected chi connectivity index (χ0v) is 11.5. The summed E-state index contributed by atoms with van der Waals surface area (Å²) in [6.07, 6.45) is 6.26. The Hall–Kier alpha value is 0.500. The van der Waals surface area contributed by atoms with Crippen molar-refractivity contribution in [1.82, 2.24) is 0 Å². The summed E-state index contributed by atoms with van der Waals surface area (Å²) in [7, 11) is 0. The molecule has 92 valence electrons. The lowest BCUT2D eigenvalue weighted by molar-refractivity contribution is 0.269. The second-order valence-corrected chi connectivity index (χ2v) is 7.57. The van der Waals surface area contributed by atoms with Crippen LogP contribution in [0.2, 0.25) is 0 Å². The van der Waals surface area contributed by atoms with Gasteiger partial charge in [0, 0.05) is 5.75 Å². The molecular weight excluding hydrogens is 231 g/mol. The standard InChI is InChI=1S/C10H23O3PS/c1-3-5-7-9-13-14(11,12)15-10-8-6-4-2/h3-10H2,1-2H3,(H,11,12). The fraction of sp³-hybridized carbons (Fsp3) is 1.00. The molecule has 0 radical (unpaired) electrons. The molecule has 3 nitrogen and oxygen atoms in total. The fourth-order valence-corrected chi connectivity index (χ4v) is 3.63. The Balaban J connectivity index is 3.45. The van der Waals surface area contributed by atoms with Gasteiger partial charge in [0.15, 0.2) is 0 Å². The Morgan fingerprint density at radius 2 is 1.73 bits per heavy atom. The Labute approximate surface area is 97.3 Å². The van der Waals surface area contributed by atoms with E-state index in [0.29, 0.717) is 6.61 Å². The summed E-state index contributed by atoms with van der Waals surface area (Å²) in [6, 6.07) is 0. The Kier molecular flexibility index (Phi) is 10.0. The predicted molar refractivity (Wildman–Crippen MR) is 67.3 cm³/mol. The molecule has 1 unspecified atom stereocenters. The van der Waals surface area contributed by atoms with Crippen LogP contribution in [0.25, 0.3) is 0 Å². The highest BCUT2D eigenvalue weighted by Crippen LogP contribution is 2.55. The van der Waals surface area contributed by atoms with Gasteiger partial charge in [-0.25, -0.2) is 4.57 Å². The van der Waals surface area contributed by atoms with Gasteiger partial charge in [-0.05, 0) is 24.2 Å². The molecule has 0 spiro atoms. The quantitative estimate of drug-likeness (QED) is 0.468. The van der Waals surface area contributed by atoms with E-state index < -0.39 is 6.80 Å². The summed E-state index contributed by atoms with van der Waals surface area (Å²) in [5.41, 5.74) is 0. The topological polar surface area (TPSA) is 46.5 Å². The van der Waals surface area contributed by atoms with Gasteiger partial charge in [0.1, 0.15) is 0 Å². The highest BCUT2D eigenvalue weighted by atomic mass is 32.7.